The molecular formula is C21H29NO6S. The molecular weight excluding hydrogens is 394 g/mol. The Balaban J connectivity index is 1.54. The SMILES string of the molecule is Cc1cc(C)cc(OCC(=O)OCC(=O)N(C2CCCC2)[C@H]2CCS(=O)(=O)C2)c1. The first-order valence-corrected chi connectivity index (χ1v) is 11.9. The van der Waals surface area contributed by atoms with Gasteiger partial charge in [-0.1, -0.05) is 18.9 Å². The topological polar surface area (TPSA) is 90.0 Å². The Kier molecular flexibility index (Phi) is 6.82. The number of esters is 1. The second-order valence-electron chi connectivity index (χ2n) is 8.07. The molecule has 1 aromatic carbocycles. The third-order valence-electron chi connectivity index (χ3n) is 5.52. The van der Waals surface area contributed by atoms with Gasteiger partial charge in [0.2, 0.25) is 0 Å². The van der Waals surface area contributed by atoms with Crippen molar-refractivity contribution in [1.29, 1.82) is 0 Å². The number of carbonyl (C=O) groups is 2. The van der Waals surface area contributed by atoms with E-state index < -0.39 is 15.8 Å². The summed E-state index contributed by atoms with van der Waals surface area (Å²) in [4.78, 5) is 26.5. The quantitative estimate of drug-likeness (QED) is 0.625. The summed E-state index contributed by atoms with van der Waals surface area (Å²) in [6, 6.07) is 5.37. The number of benzene rings is 1. The van der Waals surface area contributed by atoms with Crippen LogP contribution in [0.5, 0.6) is 5.75 Å². The van der Waals surface area contributed by atoms with Gasteiger partial charge in [0.05, 0.1) is 11.5 Å². The van der Waals surface area contributed by atoms with Gasteiger partial charge < -0.3 is 14.4 Å². The number of ether oxygens (including phenoxy) is 2. The second-order valence-corrected chi connectivity index (χ2v) is 10.3. The van der Waals surface area contributed by atoms with Crippen molar-refractivity contribution in [3.05, 3.63) is 29.3 Å². The second kappa shape index (κ2) is 9.15. The molecule has 1 saturated carbocycles. The molecule has 0 unspecified atom stereocenters. The fourth-order valence-electron chi connectivity index (χ4n) is 4.30. The number of rotatable bonds is 7. The zero-order valence-electron chi connectivity index (χ0n) is 17.1. The monoisotopic (exact) mass is 423 g/mol. The third kappa shape index (κ3) is 5.95. The molecule has 2 aliphatic rings. The molecule has 2 fully saturated rings. The first-order valence-electron chi connectivity index (χ1n) is 10.1. The van der Waals surface area contributed by atoms with Gasteiger partial charge in [0.25, 0.3) is 5.91 Å². The van der Waals surface area contributed by atoms with Gasteiger partial charge in [-0.25, -0.2) is 13.2 Å². The number of hydrogen-bond acceptors (Lipinski definition) is 6. The fraction of sp³-hybridized carbons (Fsp3) is 0.619. The Labute approximate surface area is 172 Å². The summed E-state index contributed by atoms with van der Waals surface area (Å²) >= 11 is 0. The van der Waals surface area contributed by atoms with Crippen LogP contribution in [0, 0.1) is 13.8 Å². The fourth-order valence-corrected chi connectivity index (χ4v) is 6.01. The van der Waals surface area contributed by atoms with E-state index in [4.69, 9.17) is 9.47 Å². The van der Waals surface area contributed by atoms with E-state index in [1.165, 1.54) is 0 Å². The van der Waals surface area contributed by atoms with Gasteiger partial charge in [0, 0.05) is 12.1 Å². The van der Waals surface area contributed by atoms with Crippen LogP contribution in [0.1, 0.15) is 43.2 Å². The van der Waals surface area contributed by atoms with Crippen molar-refractivity contribution < 1.29 is 27.5 Å². The molecule has 1 aliphatic heterocycles. The molecule has 1 aromatic rings. The van der Waals surface area contributed by atoms with Crippen molar-refractivity contribution >= 4 is 21.7 Å². The lowest BCUT2D eigenvalue weighted by Crippen LogP contribution is -2.48. The van der Waals surface area contributed by atoms with Crippen molar-refractivity contribution in [3.8, 4) is 5.75 Å². The Bertz CT molecular complexity index is 840. The Morgan fingerprint density at radius 1 is 1.00 bits per heavy atom. The van der Waals surface area contributed by atoms with E-state index in [9.17, 15) is 18.0 Å². The summed E-state index contributed by atoms with van der Waals surface area (Å²) in [6.07, 6.45) is 4.24. The summed E-state index contributed by atoms with van der Waals surface area (Å²) in [5, 5.41) is 0. The molecule has 7 nitrogen and oxygen atoms in total. The standard InChI is InChI=1S/C21H29NO6S/c1-15-9-16(2)11-19(10-15)27-13-21(24)28-12-20(23)22(17-5-3-4-6-17)18-7-8-29(25,26)14-18/h9-11,17-18H,3-8,12-14H2,1-2H3/t18-/m0/s1. The van der Waals surface area contributed by atoms with Gasteiger partial charge in [0.15, 0.2) is 23.1 Å². The molecule has 0 N–H and O–H groups in total. The van der Waals surface area contributed by atoms with Crippen LogP contribution >= 0.6 is 0 Å². The smallest absolute Gasteiger partial charge is 0.344 e. The molecule has 0 radical (unpaired) electrons. The van der Waals surface area contributed by atoms with Crippen LogP contribution in [-0.2, 0) is 24.2 Å². The van der Waals surface area contributed by atoms with Gasteiger partial charge >= 0.3 is 5.97 Å². The molecule has 1 aliphatic carbocycles. The van der Waals surface area contributed by atoms with Crippen molar-refractivity contribution in [2.45, 2.75) is 58.0 Å². The zero-order valence-corrected chi connectivity index (χ0v) is 17.9. The van der Waals surface area contributed by atoms with E-state index in [1.54, 1.807) is 4.90 Å². The minimum atomic E-state index is -3.10. The van der Waals surface area contributed by atoms with Crippen molar-refractivity contribution in [1.82, 2.24) is 4.90 Å². The molecule has 8 heteroatoms. The Morgan fingerprint density at radius 3 is 2.24 bits per heavy atom. The lowest BCUT2D eigenvalue weighted by molar-refractivity contribution is -0.155. The van der Waals surface area contributed by atoms with Crippen LogP contribution in [0.3, 0.4) is 0 Å². The molecule has 1 heterocycles. The summed E-state index contributed by atoms with van der Waals surface area (Å²) in [6.45, 7) is 3.22. The zero-order chi connectivity index (χ0) is 21.0. The Morgan fingerprint density at radius 2 is 1.66 bits per heavy atom. The van der Waals surface area contributed by atoms with E-state index in [0.717, 1.165) is 36.8 Å². The normalized spacial score (nSPS) is 21.1. The number of hydrogen-bond donors (Lipinski definition) is 0. The van der Waals surface area contributed by atoms with E-state index >= 15 is 0 Å². The maximum absolute atomic E-state index is 12.8. The van der Waals surface area contributed by atoms with Gasteiger partial charge in [-0.05, 0) is 56.4 Å². The van der Waals surface area contributed by atoms with Crippen LogP contribution in [0.4, 0.5) is 0 Å². The van der Waals surface area contributed by atoms with E-state index in [-0.39, 0.29) is 42.7 Å². The summed E-state index contributed by atoms with van der Waals surface area (Å²) in [5.41, 5.74) is 2.06. The minimum Gasteiger partial charge on any atom is -0.482 e. The highest BCUT2D eigenvalue weighted by molar-refractivity contribution is 7.91. The summed E-state index contributed by atoms with van der Waals surface area (Å²) < 4.78 is 34.4. The molecule has 0 bridgehead atoms. The average molecular weight is 424 g/mol. The van der Waals surface area contributed by atoms with E-state index in [1.807, 2.05) is 32.0 Å². The number of carbonyl (C=O) groups excluding carboxylic acids is 2. The van der Waals surface area contributed by atoms with Crippen molar-refractivity contribution in [2.24, 2.45) is 0 Å². The van der Waals surface area contributed by atoms with Crippen molar-refractivity contribution in [3.63, 3.8) is 0 Å². The number of nitrogens with zero attached hydrogens (tertiary/aromatic N) is 1. The maximum atomic E-state index is 12.8. The van der Waals surface area contributed by atoms with Gasteiger partial charge in [-0.15, -0.1) is 0 Å². The molecule has 1 amide bonds. The molecule has 29 heavy (non-hydrogen) atoms. The number of sulfone groups is 1. The van der Waals surface area contributed by atoms with Crippen LogP contribution in [-0.4, -0.2) is 62.0 Å². The highest BCUT2D eigenvalue weighted by atomic mass is 32.2. The molecule has 3 rings (SSSR count). The van der Waals surface area contributed by atoms with Gasteiger partial charge in [-0.3, -0.25) is 4.79 Å². The largest absolute Gasteiger partial charge is 0.482 e. The summed E-state index contributed by atoms with van der Waals surface area (Å²) in [7, 11) is -3.10. The van der Waals surface area contributed by atoms with Crippen LogP contribution in [0.25, 0.3) is 0 Å². The maximum Gasteiger partial charge on any atom is 0.344 e. The lowest BCUT2D eigenvalue weighted by atomic mass is 10.1. The van der Waals surface area contributed by atoms with Crippen LogP contribution < -0.4 is 4.74 Å². The van der Waals surface area contributed by atoms with Crippen LogP contribution in [0.15, 0.2) is 18.2 Å². The highest BCUT2D eigenvalue weighted by Gasteiger charge is 2.39. The van der Waals surface area contributed by atoms with Gasteiger partial charge in [-0.2, -0.15) is 0 Å². The third-order valence-corrected chi connectivity index (χ3v) is 7.27. The Hall–Kier alpha value is -2.09. The summed E-state index contributed by atoms with van der Waals surface area (Å²) in [5.74, 6) is -0.257. The first kappa shape index (κ1) is 21.6. The molecule has 160 valence electrons. The van der Waals surface area contributed by atoms with Gasteiger partial charge in [0.1, 0.15) is 5.75 Å². The predicted molar refractivity (Wildman–Crippen MR) is 109 cm³/mol. The highest BCUT2D eigenvalue weighted by Crippen LogP contribution is 2.29. The molecule has 1 saturated heterocycles. The lowest BCUT2D eigenvalue weighted by Gasteiger charge is -2.33. The minimum absolute atomic E-state index is 0.000985. The molecule has 0 spiro atoms. The molecule has 1 atom stereocenters. The van der Waals surface area contributed by atoms with Crippen LogP contribution in [0.2, 0.25) is 0 Å². The molecule has 0 aromatic heterocycles. The number of aryl methyl sites for hydroxylation is 2. The van der Waals surface area contributed by atoms with E-state index in [0.29, 0.717) is 12.2 Å². The average Bonchev–Trinajstić information content (AvgIpc) is 3.27. The first-order chi connectivity index (χ1) is 13.7. The number of amides is 1. The van der Waals surface area contributed by atoms with E-state index in [2.05, 4.69) is 0 Å². The predicted octanol–water partition coefficient (Wildman–Crippen LogP) is 2.18. The van der Waals surface area contributed by atoms with Crippen molar-refractivity contribution in [2.75, 3.05) is 24.7 Å².